The van der Waals surface area contributed by atoms with Gasteiger partial charge in [-0.2, -0.15) is 0 Å². The molecular formula is C17H23NO3. The highest BCUT2D eigenvalue weighted by Crippen LogP contribution is 2.06. The molecule has 0 bridgehead atoms. The van der Waals surface area contributed by atoms with Crippen molar-refractivity contribution in [3.05, 3.63) is 48.0 Å². The first-order chi connectivity index (χ1) is 9.97. The maximum absolute atomic E-state index is 11.9. The van der Waals surface area contributed by atoms with E-state index in [1.54, 1.807) is 12.2 Å². The SMILES string of the molecule is CC(C)CC(=O)N[C@H](C=CCC(=O)O)Cc1ccccc1. The van der Waals surface area contributed by atoms with Crippen LogP contribution in [0.2, 0.25) is 0 Å². The van der Waals surface area contributed by atoms with Crippen LogP contribution in [0.3, 0.4) is 0 Å². The zero-order valence-corrected chi connectivity index (χ0v) is 12.6. The van der Waals surface area contributed by atoms with Gasteiger partial charge in [0.15, 0.2) is 0 Å². The molecule has 0 aliphatic rings. The van der Waals surface area contributed by atoms with E-state index in [1.807, 2.05) is 44.2 Å². The van der Waals surface area contributed by atoms with E-state index in [9.17, 15) is 9.59 Å². The molecule has 1 aromatic carbocycles. The Labute approximate surface area is 125 Å². The number of hydrogen-bond donors (Lipinski definition) is 2. The first-order valence-electron chi connectivity index (χ1n) is 7.19. The van der Waals surface area contributed by atoms with Crippen LogP contribution in [0, 0.1) is 5.92 Å². The number of nitrogens with one attached hydrogen (secondary N) is 1. The predicted molar refractivity (Wildman–Crippen MR) is 82.9 cm³/mol. The molecule has 4 heteroatoms. The summed E-state index contributed by atoms with van der Waals surface area (Å²) in [5.74, 6) is -0.588. The molecule has 21 heavy (non-hydrogen) atoms. The molecule has 2 N–H and O–H groups in total. The minimum absolute atomic E-state index is 0.00842. The van der Waals surface area contributed by atoms with Crippen LogP contribution in [0.1, 0.15) is 32.3 Å². The molecule has 0 aliphatic heterocycles. The van der Waals surface area contributed by atoms with Crippen LogP contribution >= 0.6 is 0 Å². The monoisotopic (exact) mass is 289 g/mol. The van der Waals surface area contributed by atoms with Crippen LogP contribution < -0.4 is 5.32 Å². The van der Waals surface area contributed by atoms with Gasteiger partial charge in [0.05, 0.1) is 12.5 Å². The predicted octanol–water partition coefficient (Wildman–Crippen LogP) is 2.79. The van der Waals surface area contributed by atoms with E-state index in [-0.39, 0.29) is 18.4 Å². The van der Waals surface area contributed by atoms with Gasteiger partial charge in [-0.25, -0.2) is 0 Å². The van der Waals surface area contributed by atoms with Crippen molar-refractivity contribution in [3.8, 4) is 0 Å². The molecule has 0 aliphatic carbocycles. The van der Waals surface area contributed by atoms with Crippen LogP contribution in [0.5, 0.6) is 0 Å². The number of carboxylic acids is 1. The van der Waals surface area contributed by atoms with Gasteiger partial charge in [0.1, 0.15) is 0 Å². The quantitative estimate of drug-likeness (QED) is 0.723. The molecule has 0 fully saturated rings. The zero-order chi connectivity index (χ0) is 15.7. The summed E-state index contributed by atoms with van der Waals surface area (Å²) in [5, 5.41) is 11.6. The van der Waals surface area contributed by atoms with Gasteiger partial charge in [0.25, 0.3) is 0 Å². The fraction of sp³-hybridized carbons (Fsp3) is 0.412. The Kier molecular flexibility index (Phi) is 7.23. The molecule has 1 aromatic rings. The lowest BCUT2D eigenvalue weighted by molar-refractivity contribution is -0.136. The maximum Gasteiger partial charge on any atom is 0.307 e. The van der Waals surface area contributed by atoms with E-state index in [0.29, 0.717) is 18.8 Å². The van der Waals surface area contributed by atoms with E-state index >= 15 is 0 Å². The van der Waals surface area contributed by atoms with Crippen molar-refractivity contribution in [1.82, 2.24) is 5.32 Å². The summed E-state index contributed by atoms with van der Waals surface area (Å²) >= 11 is 0. The Morgan fingerprint density at radius 1 is 1.24 bits per heavy atom. The van der Waals surface area contributed by atoms with Crippen LogP contribution in [0.4, 0.5) is 0 Å². The van der Waals surface area contributed by atoms with E-state index in [1.165, 1.54) is 0 Å². The third kappa shape index (κ3) is 7.92. The lowest BCUT2D eigenvalue weighted by Gasteiger charge is -2.16. The summed E-state index contributed by atoms with van der Waals surface area (Å²) in [4.78, 5) is 22.5. The van der Waals surface area contributed by atoms with E-state index in [0.717, 1.165) is 5.56 Å². The van der Waals surface area contributed by atoms with Crippen molar-refractivity contribution in [1.29, 1.82) is 0 Å². The van der Waals surface area contributed by atoms with Gasteiger partial charge in [-0.3, -0.25) is 9.59 Å². The van der Waals surface area contributed by atoms with Crippen molar-refractivity contribution < 1.29 is 14.7 Å². The van der Waals surface area contributed by atoms with Crippen molar-refractivity contribution >= 4 is 11.9 Å². The maximum atomic E-state index is 11.9. The van der Waals surface area contributed by atoms with Gasteiger partial charge in [0.2, 0.25) is 5.91 Å². The minimum atomic E-state index is -0.877. The second-order valence-corrected chi connectivity index (χ2v) is 5.49. The van der Waals surface area contributed by atoms with Crippen LogP contribution in [-0.4, -0.2) is 23.0 Å². The number of rotatable bonds is 8. The highest BCUT2D eigenvalue weighted by molar-refractivity contribution is 5.76. The number of hydrogen-bond acceptors (Lipinski definition) is 2. The summed E-state index contributed by atoms with van der Waals surface area (Å²) in [7, 11) is 0. The molecule has 0 saturated carbocycles. The Morgan fingerprint density at radius 2 is 1.90 bits per heavy atom. The smallest absolute Gasteiger partial charge is 0.307 e. The third-order valence-corrected chi connectivity index (χ3v) is 2.90. The number of aliphatic carboxylic acids is 1. The van der Waals surface area contributed by atoms with Crippen molar-refractivity contribution in [2.24, 2.45) is 5.92 Å². The molecule has 0 radical (unpaired) electrons. The molecular weight excluding hydrogens is 266 g/mol. The fourth-order valence-electron chi connectivity index (χ4n) is 2.00. The Bertz CT molecular complexity index is 480. The van der Waals surface area contributed by atoms with Crippen molar-refractivity contribution in [2.45, 2.75) is 39.2 Å². The Morgan fingerprint density at radius 3 is 2.48 bits per heavy atom. The summed E-state index contributed by atoms with van der Waals surface area (Å²) in [6, 6.07) is 9.64. The van der Waals surface area contributed by atoms with Gasteiger partial charge in [-0.15, -0.1) is 0 Å². The Balaban J connectivity index is 2.67. The van der Waals surface area contributed by atoms with Crippen LogP contribution in [0.15, 0.2) is 42.5 Å². The number of carboxylic acid groups (broad SMARTS) is 1. The molecule has 1 amide bonds. The number of benzene rings is 1. The van der Waals surface area contributed by atoms with Gasteiger partial charge in [-0.1, -0.05) is 56.3 Å². The standard InChI is InChI=1S/C17H23NO3/c1-13(2)11-16(19)18-15(9-6-10-17(20)21)12-14-7-4-3-5-8-14/h3-9,13,15H,10-12H2,1-2H3,(H,18,19)(H,20,21)/t15-/m1/s1. The van der Waals surface area contributed by atoms with Gasteiger partial charge in [-0.05, 0) is 17.9 Å². The second-order valence-electron chi connectivity index (χ2n) is 5.49. The highest BCUT2D eigenvalue weighted by atomic mass is 16.4. The lowest BCUT2D eigenvalue weighted by atomic mass is 10.0. The van der Waals surface area contributed by atoms with Gasteiger partial charge >= 0.3 is 5.97 Å². The fourth-order valence-corrected chi connectivity index (χ4v) is 2.00. The van der Waals surface area contributed by atoms with E-state index in [2.05, 4.69) is 5.32 Å². The van der Waals surface area contributed by atoms with Gasteiger partial charge in [0, 0.05) is 6.42 Å². The molecule has 0 aromatic heterocycles. The summed E-state index contributed by atoms with van der Waals surface area (Å²) in [5.41, 5.74) is 1.10. The molecule has 1 atom stereocenters. The largest absolute Gasteiger partial charge is 0.481 e. The molecule has 4 nitrogen and oxygen atoms in total. The van der Waals surface area contributed by atoms with E-state index < -0.39 is 5.97 Å². The average Bonchev–Trinajstić information content (AvgIpc) is 2.38. The molecule has 1 rings (SSSR count). The van der Waals surface area contributed by atoms with Crippen molar-refractivity contribution in [3.63, 3.8) is 0 Å². The zero-order valence-electron chi connectivity index (χ0n) is 12.6. The van der Waals surface area contributed by atoms with Crippen molar-refractivity contribution in [2.75, 3.05) is 0 Å². The lowest BCUT2D eigenvalue weighted by Crippen LogP contribution is -2.35. The number of carbonyl (C=O) groups excluding carboxylic acids is 1. The van der Waals surface area contributed by atoms with Gasteiger partial charge < -0.3 is 10.4 Å². The minimum Gasteiger partial charge on any atom is -0.481 e. The summed E-state index contributed by atoms with van der Waals surface area (Å²) in [6.45, 7) is 3.98. The topological polar surface area (TPSA) is 66.4 Å². The Hall–Kier alpha value is -2.10. The first kappa shape index (κ1) is 17.0. The van der Waals surface area contributed by atoms with Crippen LogP contribution in [-0.2, 0) is 16.0 Å². The summed E-state index contributed by atoms with van der Waals surface area (Å²) in [6.07, 6.45) is 4.44. The molecule has 0 spiro atoms. The number of amides is 1. The second kappa shape index (κ2) is 8.95. The summed E-state index contributed by atoms with van der Waals surface area (Å²) < 4.78 is 0. The third-order valence-electron chi connectivity index (χ3n) is 2.90. The molecule has 0 heterocycles. The molecule has 0 saturated heterocycles. The average molecular weight is 289 g/mol. The highest BCUT2D eigenvalue weighted by Gasteiger charge is 2.11. The van der Waals surface area contributed by atoms with E-state index in [4.69, 9.17) is 5.11 Å². The molecule has 0 unspecified atom stereocenters. The van der Waals surface area contributed by atoms with Crippen LogP contribution in [0.25, 0.3) is 0 Å². The number of carbonyl (C=O) groups is 2. The normalized spacial score (nSPS) is 12.5. The molecule has 114 valence electrons. The first-order valence-corrected chi connectivity index (χ1v) is 7.19.